The predicted octanol–water partition coefficient (Wildman–Crippen LogP) is -0.622. The second-order valence-electron chi connectivity index (χ2n) is 4.14. The van der Waals surface area contributed by atoms with E-state index >= 15 is 0 Å². The summed E-state index contributed by atoms with van der Waals surface area (Å²) >= 11 is 0. The van der Waals surface area contributed by atoms with Gasteiger partial charge in [-0.2, -0.15) is 5.10 Å². The minimum atomic E-state index is -1.11. The topological polar surface area (TPSA) is 107 Å². The molecule has 2 atom stereocenters. The zero-order valence-corrected chi connectivity index (χ0v) is 9.25. The number of β-amino-alcohol motifs (C(OH)–C–C–N with tert-alkyl or cyclic N) is 1. The minimum Gasteiger partial charge on any atom is -0.480 e. The third kappa shape index (κ3) is 2.14. The van der Waals surface area contributed by atoms with Gasteiger partial charge in [0.05, 0.1) is 6.10 Å². The average molecular weight is 239 g/mol. The number of carbonyl (C=O) groups excluding carboxylic acids is 1. The molecular formula is C10H13N3O4. The normalized spacial score (nSPS) is 24.0. The van der Waals surface area contributed by atoms with Crippen molar-refractivity contribution in [2.45, 2.75) is 25.5 Å². The number of nitrogens with zero attached hydrogens (tertiary/aromatic N) is 2. The van der Waals surface area contributed by atoms with Gasteiger partial charge in [0, 0.05) is 18.7 Å². The lowest BCUT2D eigenvalue weighted by atomic mass is 10.2. The van der Waals surface area contributed by atoms with Gasteiger partial charge in [0.1, 0.15) is 11.7 Å². The van der Waals surface area contributed by atoms with E-state index in [0.29, 0.717) is 0 Å². The molecule has 1 amide bonds. The number of carboxylic acids is 1. The van der Waals surface area contributed by atoms with Crippen LogP contribution in [0.25, 0.3) is 0 Å². The predicted molar refractivity (Wildman–Crippen MR) is 56.4 cm³/mol. The minimum absolute atomic E-state index is 0.0295. The van der Waals surface area contributed by atoms with Gasteiger partial charge in [-0.3, -0.25) is 9.89 Å². The van der Waals surface area contributed by atoms with Crippen LogP contribution < -0.4 is 0 Å². The fraction of sp³-hybridized carbons (Fsp3) is 0.500. The van der Waals surface area contributed by atoms with E-state index < -0.39 is 24.0 Å². The standard InChI is InChI=1S/C10H13N3O4/c1-5-2-7(12-11-5)9(15)13-4-6(14)3-8(13)10(16)17/h2,6,8,14H,3-4H2,1H3,(H,11,12)(H,16,17)/t6?,8-/m0/s1. The zero-order chi connectivity index (χ0) is 12.6. The summed E-state index contributed by atoms with van der Waals surface area (Å²) in [5.74, 6) is -1.58. The number of carbonyl (C=O) groups is 2. The summed E-state index contributed by atoms with van der Waals surface area (Å²) in [6.07, 6.45) is -0.732. The number of hydrogen-bond acceptors (Lipinski definition) is 4. The van der Waals surface area contributed by atoms with Crippen molar-refractivity contribution in [2.24, 2.45) is 0 Å². The van der Waals surface area contributed by atoms with E-state index in [9.17, 15) is 14.7 Å². The van der Waals surface area contributed by atoms with Gasteiger partial charge in [-0.05, 0) is 13.0 Å². The second kappa shape index (κ2) is 4.17. The molecule has 0 bridgehead atoms. The number of aromatic nitrogens is 2. The number of carboxylic acid groups (broad SMARTS) is 1. The first-order valence-corrected chi connectivity index (χ1v) is 5.23. The van der Waals surface area contributed by atoms with Crippen LogP contribution in [0.5, 0.6) is 0 Å². The van der Waals surface area contributed by atoms with Crippen LogP contribution >= 0.6 is 0 Å². The molecule has 3 N–H and O–H groups in total. The van der Waals surface area contributed by atoms with Crippen molar-refractivity contribution in [3.63, 3.8) is 0 Å². The molecule has 1 unspecified atom stereocenters. The Labute approximate surface area is 97.0 Å². The third-order valence-electron chi connectivity index (χ3n) is 2.75. The summed E-state index contributed by atoms with van der Waals surface area (Å²) in [5.41, 5.74) is 0.892. The highest BCUT2D eigenvalue weighted by molar-refractivity contribution is 5.95. The molecule has 0 aliphatic carbocycles. The molecule has 1 fully saturated rings. The van der Waals surface area contributed by atoms with Crippen LogP contribution in [0.2, 0.25) is 0 Å². The van der Waals surface area contributed by atoms with Crippen molar-refractivity contribution in [3.05, 3.63) is 17.5 Å². The molecule has 1 aliphatic rings. The van der Waals surface area contributed by atoms with Crippen molar-refractivity contribution >= 4 is 11.9 Å². The smallest absolute Gasteiger partial charge is 0.326 e. The van der Waals surface area contributed by atoms with Crippen LogP contribution in [0.1, 0.15) is 22.6 Å². The van der Waals surface area contributed by atoms with Crippen LogP contribution in [0.15, 0.2) is 6.07 Å². The van der Waals surface area contributed by atoms with E-state index in [2.05, 4.69) is 10.2 Å². The molecule has 17 heavy (non-hydrogen) atoms. The number of amides is 1. The highest BCUT2D eigenvalue weighted by Gasteiger charge is 2.39. The average Bonchev–Trinajstić information content (AvgIpc) is 2.83. The van der Waals surface area contributed by atoms with Crippen LogP contribution in [0.4, 0.5) is 0 Å². The maximum absolute atomic E-state index is 12.0. The summed E-state index contributed by atoms with van der Waals surface area (Å²) < 4.78 is 0. The number of likely N-dealkylation sites (tertiary alicyclic amines) is 1. The first kappa shape index (κ1) is 11.6. The fourth-order valence-corrected chi connectivity index (χ4v) is 1.95. The molecule has 92 valence electrons. The quantitative estimate of drug-likeness (QED) is 0.637. The van der Waals surface area contributed by atoms with Gasteiger partial charge in [-0.15, -0.1) is 0 Å². The van der Waals surface area contributed by atoms with Gasteiger partial charge in [0.15, 0.2) is 0 Å². The van der Waals surface area contributed by atoms with E-state index in [1.54, 1.807) is 13.0 Å². The van der Waals surface area contributed by atoms with Crippen molar-refractivity contribution in [2.75, 3.05) is 6.54 Å². The van der Waals surface area contributed by atoms with Crippen molar-refractivity contribution in [3.8, 4) is 0 Å². The highest BCUT2D eigenvalue weighted by atomic mass is 16.4. The Kier molecular flexibility index (Phi) is 2.84. The first-order valence-electron chi connectivity index (χ1n) is 5.23. The van der Waals surface area contributed by atoms with E-state index in [4.69, 9.17) is 5.11 Å². The van der Waals surface area contributed by atoms with E-state index in [-0.39, 0.29) is 18.7 Å². The van der Waals surface area contributed by atoms with Gasteiger partial charge < -0.3 is 15.1 Å². The largest absolute Gasteiger partial charge is 0.480 e. The maximum atomic E-state index is 12.0. The molecule has 1 aromatic rings. The Balaban J connectivity index is 2.21. The molecule has 1 saturated heterocycles. The number of aliphatic carboxylic acids is 1. The Morgan fingerprint density at radius 3 is 2.82 bits per heavy atom. The monoisotopic (exact) mass is 239 g/mol. The van der Waals surface area contributed by atoms with Crippen LogP contribution in [0, 0.1) is 6.92 Å². The Hall–Kier alpha value is -1.89. The van der Waals surface area contributed by atoms with Gasteiger partial charge >= 0.3 is 5.97 Å². The first-order chi connectivity index (χ1) is 7.99. The molecule has 7 nitrogen and oxygen atoms in total. The van der Waals surface area contributed by atoms with Crippen LogP contribution in [-0.2, 0) is 4.79 Å². The van der Waals surface area contributed by atoms with Crippen molar-refractivity contribution < 1.29 is 19.8 Å². The summed E-state index contributed by atoms with van der Waals surface area (Å²) in [7, 11) is 0. The van der Waals surface area contributed by atoms with Crippen LogP contribution in [-0.4, -0.2) is 55.9 Å². The van der Waals surface area contributed by atoms with Gasteiger partial charge in [-0.1, -0.05) is 0 Å². The lowest BCUT2D eigenvalue weighted by Crippen LogP contribution is -2.40. The lowest BCUT2D eigenvalue weighted by molar-refractivity contribution is -0.141. The van der Waals surface area contributed by atoms with Gasteiger partial charge in [0.25, 0.3) is 5.91 Å². The van der Waals surface area contributed by atoms with Gasteiger partial charge in [0.2, 0.25) is 0 Å². The molecular weight excluding hydrogens is 226 g/mol. The number of H-pyrrole nitrogens is 1. The number of aliphatic hydroxyl groups is 1. The number of rotatable bonds is 2. The summed E-state index contributed by atoms with van der Waals surface area (Å²) in [6.45, 7) is 1.78. The van der Waals surface area contributed by atoms with E-state index in [1.165, 1.54) is 0 Å². The second-order valence-corrected chi connectivity index (χ2v) is 4.14. The van der Waals surface area contributed by atoms with Crippen molar-refractivity contribution in [1.82, 2.24) is 15.1 Å². The summed E-state index contributed by atoms with van der Waals surface area (Å²) in [4.78, 5) is 24.1. The van der Waals surface area contributed by atoms with Crippen molar-refractivity contribution in [1.29, 1.82) is 0 Å². The Bertz CT molecular complexity index is 456. The molecule has 0 radical (unpaired) electrons. The number of aromatic amines is 1. The molecule has 0 spiro atoms. The molecule has 2 rings (SSSR count). The SMILES string of the molecule is Cc1cc(C(=O)N2CC(O)C[C@H]2C(=O)O)n[nH]1. The number of hydrogen-bond donors (Lipinski definition) is 3. The van der Waals surface area contributed by atoms with E-state index in [1.807, 2.05) is 0 Å². The Morgan fingerprint density at radius 2 is 2.29 bits per heavy atom. The highest BCUT2D eigenvalue weighted by Crippen LogP contribution is 2.20. The molecule has 1 aromatic heterocycles. The summed E-state index contributed by atoms with van der Waals surface area (Å²) in [5, 5.41) is 24.8. The zero-order valence-electron chi connectivity index (χ0n) is 9.25. The maximum Gasteiger partial charge on any atom is 0.326 e. The van der Waals surface area contributed by atoms with Crippen LogP contribution in [0.3, 0.4) is 0 Å². The number of aryl methyl sites for hydroxylation is 1. The molecule has 0 saturated carbocycles. The fourth-order valence-electron chi connectivity index (χ4n) is 1.95. The molecule has 0 aromatic carbocycles. The Morgan fingerprint density at radius 1 is 1.59 bits per heavy atom. The number of nitrogens with one attached hydrogen (secondary N) is 1. The molecule has 1 aliphatic heterocycles. The molecule has 2 heterocycles. The summed E-state index contributed by atoms with van der Waals surface area (Å²) in [6, 6.07) is 0.570. The van der Waals surface area contributed by atoms with Gasteiger partial charge in [-0.25, -0.2) is 4.79 Å². The van der Waals surface area contributed by atoms with E-state index in [0.717, 1.165) is 10.6 Å². The molecule has 7 heteroatoms. The third-order valence-corrected chi connectivity index (χ3v) is 2.75. The number of aliphatic hydroxyl groups excluding tert-OH is 1. The lowest BCUT2D eigenvalue weighted by Gasteiger charge is -2.19.